The van der Waals surface area contributed by atoms with Gasteiger partial charge in [0.05, 0.1) is 6.42 Å². The minimum atomic E-state index is -0.894. The number of carbonyl (C=O) groups excluding carboxylic acids is 1. The van der Waals surface area contributed by atoms with E-state index in [2.05, 4.69) is 0 Å². The molecule has 1 saturated heterocycles. The number of aliphatic carboxylic acids is 1. The molecule has 0 spiro atoms. The Kier molecular flexibility index (Phi) is 4.42. The molecular formula is C16H21NO3. The molecule has 20 heavy (non-hydrogen) atoms. The van der Waals surface area contributed by atoms with Crippen molar-refractivity contribution >= 4 is 11.9 Å². The third-order valence-electron chi connectivity index (χ3n) is 3.91. The maximum atomic E-state index is 12.4. The van der Waals surface area contributed by atoms with Crippen LogP contribution < -0.4 is 0 Å². The number of piperidine rings is 1. The Morgan fingerprint density at radius 1 is 1.40 bits per heavy atom. The van der Waals surface area contributed by atoms with Crippen molar-refractivity contribution in [3.05, 3.63) is 35.4 Å². The van der Waals surface area contributed by atoms with Gasteiger partial charge in [0, 0.05) is 6.54 Å². The van der Waals surface area contributed by atoms with Crippen molar-refractivity contribution in [3.63, 3.8) is 0 Å². The summed E-state index contributed by atoms with van der Waals surface area (Å²) in [6.07, 6.45) is 1.71. The molecule has 1 aromatic carbocycles. The van der Waals surface area contributed by atoms with Crippen LogP contribution in [-0.4, -0.2) is 34.5 Å². The van der Waals surface area contributed by atoms with Gasteiger partial charge in [-0.1, -0.05) is 36.8 Å². The van der Waals surface area contributed by atoms with Crippen molar-refractivity contribution in [2.24, 2.45) is 5.92 Å². The van der Waals surface area contributed by atoms with Crippen molar-refractivity contribution in [1.29, 1.82) is 0 Å². The highest BCUT2D eigenvalue weighted by Gasteiger charge is 2.34. The largest absolute Gasteiger partial charge is 0.480 e. The Balaban J connectivity index is 2.09. The molecule has 1 aliphatic heterocycles. The van der Waals surface area contributed by atoms with Crippen molar-refractivity contribution < 1.29 is 14.7 Å². The predicted molar refractivity (Wildman–Crippen MR) is 76.4 cm³/mol. The molecule has 2 atom stereocenters. The third-order valence-corrected chi connectivity index (χ3v) is 3.91. The lowest BCUT2D eigenvalue weighted by molar-refractivity contribution is -0.152. The Bertz CT molecular complexity index is 512. The summed E-state index contributed by atoms with van der Waals surface area (Å²) in [5.74, 6) is -0.622. The fourth-order valence-corrected chi connectivity index (χ4v) is 2.77. The van der Waals surface area contributed by atoms with Crippen LogP contribution >= 0.6 is 0 Å². The number of nitrogens with zero attached hydrogens (tertiary/aromatic N) is 1. The zero-order valence-corrected chi connectivity index (χ0v) is 12.0. The Morgan fingerprint density at radius 2 is 2.15 bits per heavy atom. The minimum absolute atomic E-state index is 0.0881. The standard InChI is InChI=1S/C16H21NO3/c1-11-4-3-5-13(8-11)10-15(18)17-7-6-12(2)9-14(17)16(19)20/h3-5,8,12,14H,6-7,9-10H2,1-2H3,(H,19,20). The average molecular weight is 275 g/mol. The number of benzene rings is 1. The van der Waals surface area contributed by atoms with Crippen LogP contribution in [0.4, 0.5) is 0 Å². The first-order valence-electron chi connectivity index (χ1n) is 7.05. The number of likely N-dealkylation sites (tertiary alicyclic amines) is 1. The van der Waals surface area contributed by atoms with Gasteiger partial charge < -0.3 is 10.0 Å². The van der Waals surface area contributed by atoms with Crippen LogP contribution in [0, 0.1) is 12.8 Å². The fraction of sp³-hybridized carbons (Fsp3) is 0.500. The molecular weight excluding hydrogens is 254 g/mol. The van der Waals surface area contributed by atoms with E-state index in [1.165, 1.54) is 4.90 Å². The van der Waals surface area contributed by atoms with Gasteiger partial charge in [0.15, 0.2) is 0 Å². The van der Waals surface area contributed by atoms with Crippen LogP contribution in [-0.2, 0) is 16.0 Å². The number of aryl methyl sites for hydroxylation is 1. The van der Waals surface area contributed by atoms with Crippen molar-refractivity contribution in [2.75, 3.05) is 6.54 Å². The highest BCUT2D eigenvalue weighted by Crippen LogP contribution is 2.23. The molecule has 2 rings (SSSR count). The van der Waals surface area contributed by atoms with Gasteiger partial charge in [-0.3, -0.25) is 4.79 Å². The van der Waals surface area contributed by atoms with E-state index in [1.54, 1.807) is 0 Å². The summed E-state index contributed by atoms with van der Waals surface area (Å²) in [7, 11) is 0. The quantitative estimate of drug-likeness (QED) is 0.920. The van der Waals surface area contributed by atoms with E-state index in [4.69, 9.17) is 0 Å². The summed E-state index contributed by atoms with van der Waals surface area (Å²) in [5, 5.41) is 9.29. The van der Waals surface area contributed by atoms with Gasteiger partial charge >= 0.3 is 5.97 Å². The van der Waals surface area contributed by atoms with Crippen LogP contribution in [0.25, 0.3) is 0 Å². The lowest BCUT2D eigenvalue weighted by atomic mass is 9.92. The van der Waals surface area contributed by atoms with Crippen molar-refractivity contribution in [3.8, 4) is 0 Å². The molecule has 0 bridgehead atoms. The molecule has 108 valence electrons. The molecule has 0 radical (unpaired) electrons. The van der Waals surface area contributed by atoms with Gasteiger partial charge in [-0.25, -0.2) is 4.79 Å². The number of carbonyl (C=O) groups is 2. The number of carboxylic acid groups (broad SMARTS) is 1. The summed E-state index contributed by atoms with van der Waals surface area (Å²) < 4.78 is 0. The lowest BCUT2D eigenvalue weighted by Crippen LogP contribution is -2.50. The second kappa shape index (κ2) is 6.07. The maximum absolute atomic E-state index is 12.4. The molecule has 4 heteroatoms. The molecule has 2 unspecified atom stereocenters. The molecule has 0 aliphatic carbocycles. The maximum Gasteiger partial charge on any atom is 0.326 e. The Morgan fingerprint density at radius 3 is 2.80 bits per heavy atom. The molecule has 1 amide bonds. The van der Waals surface area contributed by atoms with Crippen molar-refractivity contribution in [2.45, 2.75) is 39.2 Å². The average Bonchev–Trinajstić information content (AvgIpc) is 2.38. The first-order valence-corrected chi connectivity index (χ1v) is 7.05. The molecule has 1 aliphatic rings. The van der Waals surface area contributed by atoms with Gasteiger partial charge in [0.2, 0.25) is 5.91 Å². The van der Waals surface area contributed by atoms with Gasteiger partial charge in [0.25, 0.3) is 0 Å². The van der Waals surface area contributed by atoms with Gasteiger partial charge in [-0.15, -0.1) is 0 Å². The molecule has 0 saturated carbocycles. The fourth-order valence-electron chi connectivity index (χ4n) is 2.77. The zero-order valence-electron chi connectivity index (χ0n) is 12.0. The lowest BCUT2D eigenvalue weighted by Gasteiger charge is -2.36. The van der Waals surface area contributed by atoms with Crippen molar-refractivity contribution in [1.82, 2.24) is 4.90 Å². The number of amides is 1. The number of carboxylic acids is 1. The van der Waals surface area contributed by atoms with Crippen LogP contribution in [0.5, 0.6) is 0 Å². The summed E-state index contributed by atoms with van der Waals surface area (Å²) in [6, 6.07) is 7.12. The Labute approximate surface area is 119 Å². The molecule has 0 aromatic heterocycles. The predicted octanol–water partition coefficient (Wildman–Crippen LogP) is 2.25. The van der Waals surface area contributed by atoms with Crippen LogP contribution in [0.15, 0.2) is 24.3 Å². The summed E-state index contributed by atoms with van der Waals surface area (Å²) in [4.78, 5) is 25.2. The van der Waals surface area contributed by atoms with E-state index < -0.39 is 12.0 Å². The number of hydrogen-bond acceptors (Lipinski definition) is 2. The molecule has 1 fully saturated rings. The minimum Gasteiger partial charge on any atom is -0.480 e. The van der Waals surface area contributed by atoms with E-state index in [1.807, 2.05) is 38.1 Å². The molecule has 1 heterocycles. The van der Waals surface area contributed by atoms with E-state index in [0.717, 1.165) is 17.5 Å². The normalized spacial score (nSPS) is 22.6. The number of rotatable bonds is 3. The summed E-state index contributed by atoms with van der Waals surface area (Å²) in [5.41, 5.74) is 2.05. The van der Waals surface area contributed by atoms with Crippen LogP contribution in [0.1, 0.15) is 30.9 Å². The molecule has 1 aromatic rings. The van der Waals surface area contributed by atoms with Gasteiger partial charge in [-0.05, 0) is 31.2 Å². The second-order valence-electron chi connectivity index (χ2n) is 5.74. The van der Waals surface area contributed by atoms with E-state index >= 15 is 0 Å². The zero-order chi connectivity index (χ0) is 14.7. The first kappa shape index (κ1) is 14.6. The third kappa shape index (κ3) is 3.38. The summed E-state index contributed by atoms with van der Waals surface area (Å²) in [6.45, 7) is 4.57. The smallest absolute Gasteiger partial charge is 0.326 e. The highest BCUT2D eigenvalue weighted by atomic mass is 16.4. The Hall–Kier alpha value is -1.84. The summed E-state index contributed by atoms with van der Waals surface area (Å²) >= 11 is 0. The molecule has 1 N–H and O–H groups in total. The van der Waals surface area contributed by atoms with Gasteiger partial charge in [0.1, 0.15) is 6.04 Å². The highest BCUT2D eigenvalue weighted by molar-refractivity contribution is 5.85. The first-order chi connectivity index (χ1) is 9.47. The monoisotopic (exact) mass is 275 g/mol. The van der Waals surface area contributed by atoms with E-state index in [-0.39, 0.29) is 12.3 Å². The SMILES string of the molecule is Cc1cccc(CC(=O)N2CCC(C)CC2C(=O)O)c1. The van der Waals surface area contributed by atoms with Crippen LogP contribution in [0.2, 0.25) is 0 Å². The van der Waals surface area contributed by atoms with Crippen LogP contribution in [0.3, 0.4) is 0 Å². The van der Waals surface area contributed by atoms with E-state index in [9.17, 15) is 14.7 Å². The molecule has 4 nitrogen and oxygen atoms in total. The van der Waals surface area contributed by atoms with E-state index in [0.29, 0.717) is 18.9 Å². The second-order valence-corrected chi connectivity index (χ2v) is 5.74. The topological polar surface area (TPSA) is 57.6 Å². The number of hydrogen-bond donors (Lipinski definition) is 1. The van der Waals surface area contributed by atoms with Gasteiger partial charge in [-0.2, -0.15) is 0 Å².